The highest BCUT2D eigenvalue weighted by Gasteiger charge is 2.29. The molecule has 0 aliphatic rings. The molecule has 0 heterocycles. The summed E-state index contributed by atoms with van der Waals surface area (Å²) >= 11 is 0. The molecule has 0 aliphatic carbocycles. The van der Waals surface area contributed by atoms with Crippen molar-refractivity contribution in [2.75, 3.05) is 26.0 Å². The van der Waals surface area contributed by atoms with Gasteiger partial charge in [-0.15, -0.1) is 0 Å². The number of hydrogen-bond acceptors (Lipinski definition) is 7. The van der Waals surface area contributed by atoms with Crippen LogP contribution in [0.1, 0.15) is 65.9 Å². The first-order valence-electron chi connectivity index (χ1n) is 13.4. The van der Waals surface area contributed by atoms with E-state index in [1.807, 2.05) is 0 Å². The molecule has 1 unspecified atom stereocenters. The van der Waals surface area contributed by atoms with Crippen molar-refractivity contribution in [3.8, 4) is 0 Å². The summed E-state index contributed by atoms with van der Waals surface area (Å²) in [4.78, 5) is 64.1. The van der Waals surface area contributed by atoms with E-state index in [0.717, 1.165) is 0 Å². The maximum absolute atomic E-state index is 13.2. The van der Waals surface area contributed by atoms with E-state index in [4.69, 9.17) is 4.74 Å². The zero-order chi connectivity index (χ0) is 30.5. The third-order valence-corrected chi connectivity index (χ3v) is 5.70. The average Bonchev–Trinajstić information content (AvgIpc) is 2.85. The smallest absolute Gasteiger partial charge is 0.407 e. The molecule has 1 aromatic carbocycles. The topological polar surface area (TPSA) is 166 Å². The normalized spacial score (nSPS) is 12.6. The third-order valence-electron chi connectivity index (χ3n) is 5.70. The van der Waals surface area contributed by atoms with Gasteiger partial charge in [-0.25, -0.2) is 4.79 Å². The van der Waals surface area contributed by atoms with E-state index in [1.54, 1.807) is 73.0 Å². The number of rotatable bonds is 14. The highest BCUT2D eigenvalue weighted by atomic mass is 16.6. The Balaban J connectivity index is 2.91. The number of ether oxygens (including phenoxy) is 1. The molecule has 0 aromatic heterocycles. The SMILES string of the molecule is CC(C)[C@H](NC(=O)CCCC(=O)N(C)C)C(=O)NC(CCNC(=O)OC(C)(C)C)C(=O)Nc1ccc(CO)cc1. The van der Waals surface area contributed by atoms with E-state index in [0.29, 0.717) is 17.7 Å². The Kier molecular flexibility index (Phi) is 14.1. The number of alkyl carbamates (subject to hydrolysis) is 1. The van der Waals surface area contributed by atoms with Crippen LogP contribution in [0.3, 0.4) is 0 Å². The van der Waals surface area contributed by atoms with Crippen molar-refractivity contribution >= 4 is 35.4 Å². The summed E-state index contributed by atoms with van der Waals surface area (Å²) in [6.45, 7) is 8.61. The van der Waals surface area contributed by atoms with Gasteiger partial charge in [-0.3, -0.25) is 19.2 Å². The number of nitrogens with zero attached hydrogens (tertiary/aromatic N) is 1. The van der Waals surface area contributed by atoms with E-state index in [2.05, 4.69) is 21.3 Å². The molecular formula is C28H45N5O7. The summed E-state index contributed by atoms with van der Waals surface area (Å²) in [5.74, 6) is -1.84. The zero-order valence-corrected chi connectivity index (χ0v) is 24.6. The van der Waals surface area contributed by atoms with Crippen LogP contribution in [0.25, 0.3) is 0 Å². The van der Waals surface area contributed by atoms with Crippen molar-refractivity contribution in [3.63, 3.8) is 0 Å². The molecule has 0 saturated carbocycles. The van der Waals surface area contributed by atoms with Crippen LogP contribution < -0.4 is 21.3 Å². The fraction of sp³-hybridized carbons (Fsp3) is 0.607. The zero-order valence-electron chi connectivity index (χ0n) is 24.6. The van der Waals surface area contributed by atoms with Crippen LogP contribution in [0.2, 0.25) is 0 Å². The summed E-state index contributed by atoms with van der Waals surface area (Å²) in [5.41, 5.74) is 0.437. The Morgan fingerprint density at radius 3 is 2.10 bits per heavy atom. The van der Waals surface area contributed by atoms with Gasteiger partial charge in [0.1, 0.15) is 17.7 Å². The number of aliphatic hydroxyl groups excluding tert-OH is 1. The molecule has 12 heteroatoms. The number of nitrogens with one attached hydrogen (secondary N) is 4. The number of amides is 5. The van der Waals surface area contributed by atoms with Crippen LogP contribution in [0, 0.1) is 5.92 Å². The van der Waals surface area contributed by atoms with E-state index in [9.17, 15) is 29.1 Å². The highest BCUT2D eigenvalue weighted by Crippen LogP contribution is 2.12. The number of carbonyl (C=O) groups excluding carboxylic acids is 5. The molecule has 0 saturated heterocycles. The molecule has 0 bridgehead atoms. The molecule has 0 aliphatic heterocycles. The Bertz CT molecular complexity index is 1000. The van der Waals surface area contributed by atoms with Crippen molar-refractivity contribution in [2.24, 2.45) is 5.92 Å². The van der Waals surface area contributed by atoms with Crippen molar-refractivity contribution < 1.29 is 33.8 Å². The Morgan fingerprint density at radius 1 is 0.950 bits per heavy atom. The number of hydrogen-bond donors (Lipinski definition) is 5. The van der Waals surface area contributed by atoms with E-state index in [1.165, 1.54) is 4.90 Å². The molecule has 0 spiro atoms. The fourth-order valence-electron chi connectivity index (χ4n) is 3.49. The van der Waals surface area contributed by atoms with Gasteiger partial charge < -0.3 is 36.0 Å². The lowest BCUT2D eigenvalue weighted by molar-refractivity contribution is -0.132. The minimum atomic E-state index is -1.05. The maximum Gasteiger partial charge on any atom is 0.407 e. The van der Waals surface area contributed by atoms with E-state index >= 15 is 0 Å². The minimum Gasteiger partial charge on any atom is -0.444 e. The van der Waals surface area contributed by atoms with Crippen molar-refractivity contribution in [2.45, 2.75) is 84.6 Å². The van der Waals surface area contributed by atoms with Crippen LogP contribution in [0.4, 0.5) is 10.5 Å². The quantitative estimate of drug-likeness (QED) is 0.231. The molecular weight excluding hydrogens is 518 g/mol. The van der Waals surface area contributed by atoms with Crippen LogP contribution in [0.5, 0.6) is 0 Å². The first-order chi connectivity index (χ1) is 18.6. The lowest BCUT2D eigenvalue weighted by Crippen LogP contribution is -2.55. The summed E-state index contributed by atoms with van der Waals surface area (Å²) < 4.78 is 5.22. The molecule has 224 valence electrons. The summed E-state index contributed by atoms with van der Waals surface area (Å²) in [6.07, 6.45) is 0.0231. The van der Waals surface area contributed by atoms with Crippen LogP contribution in [-0.4, -0.2) is 78.1 Å². The number of aliphatic hydroxyl groups is 1. The monoisotopic (exact) mass is 563 g/mol. The summed E-state index contributed by atoms with van der Waals surface area (Å²) in [6, 6.07) is 4.60. The van der Waals surface area contributed by atoms with Gasteiger partial charge in [-0.2, -0.15) is 0 Å². The standard InChI is InChI=1S/C28H45N5O7/c1-18(2)24(32-22(35)9-8-10-23(36)33(6)7)26(38)31-21(15-16-29-27(39)40-28(3,4)5)25(37)30-20-13-11-19(17-34)12-14-20/h11-14,18,21,24,34H,8-10,15-17H2,1-7H3,(H,29,39)(H,30,37)(H,31,38)(H,32,35)/t21?,24-/m0/s1. The minimum absolute atomic E-state index is 0.0370. The van der Waals surface area contributed by atoms with Crippen LogP contribution in [-0.2, 0) is 30.5 Å². The number of carbonyl (C=O) groups is 5. The number of benzene rings is 1. The maximum atomic E-state index is 13.2. The van der Waals surface area contributed by atoms with Gasteiger partial charge in [-0.05, 0) is 57.2 Å². The van der Waals surface area contributed by atoms with Crippen LogP contribution in [0.15, 0.2) is 24.3 Å². The molecule has 2 atom stereocenters. The first-order valence-corrected chi connectivity index (χ1v) is 13.4. The van der Waals surface area contributed by atoms with E-state index in [-0.39, 0.29) is 50.1 Å². The summed E-state index contributed by atoms with van der Waals surface area (Å²) in [7, 11) is 3.28. The van der Waals surface area contributed by atoms with Gasteiger partial charge in [0.05, 0.1) is 6.61 Å². The molecule has 5 N–H and O–H groups in total. The average molecular weight is 564 g/mol. The second kappa shape index (κ2) is 16.4. The first kappa shape index (κ1) is 34.4. The number of anilines is 1. The third kappa shape index (κ3) is 13.4. The second-order valence-corrected chi connectivity index (χ2v) is 11.1. The molecule has 5 amide bonds. The second-order valence-electron chi connectivity index (χ2n) is 11.1. The molecule has 0 fully saturated rings. The van der Waals surface area contributed by atoms with Gasteiger partial charge in [-0.1, -0.05) is 26.0 Å². The van der Waals surface area contributed by atoms with E-state index < -0.39 is 35.6 Å². The molecule has 40 heavy (non-hydrogen) atoms. The Labute approximate surface area is 236 Å². The predicted octanol–water partition coefficient (Wildman–Crippen LogP) is 1.92. The van der Waals surface area contributed by atoms with Crippen molar-refractivity contribution in [1.29, 1.82) is 0 Å². The van der Waals surface area contributed by atoms with Gasteiger partial charge in [0.15, 0.2) is 0 Å². The molecule has 0 radical (unpaired) electrons. The fourth-order valence-corrected chi connectivity index (χ4v) is 3.49. The summed E-state index contributed by atoms with van der Waals surface area (Å²) in [5, 5.41) is 20.0. The van der Waals surface area contributed by atoms with Gasteiger partial charge >= 0.3 is 6.09 Å². The lowest BCUT2D eigenvalue weighted by Gasteiger charge is -2.26. The molecule has 1 aromatic rings. The van der Waals surface area contributed by atoms with Crippen LogP contribution >= 0.6 is 0 Å². The van der Waals surface area contributed by atoms with Crippen molar-refractivity contribution in [1.82, 2.24) is 20.9 Å². The van der Waals surface area contributed by atoms with Crippen molar-refractivity contribution in [3.05, 3.63) is 29.8 Å². The Morgan fingerprint density at radius 2 is 1.57 bits per heavy atom. The highest BCUT2D eigenvalue weighted by molar-refractivity contribution is 5.98. The van der Waals surface area contributed by atoms with Gasteiger partial charge in [0.2, 0.25) is 23.6 Å². The molecule has 1 rings (SSSR count). The van der Waals surface area contributed by atoms with Gasteiger partial charge in [0.25, 0.3) is 0 Å². The Hall–Kier alpha value is -3.67. The van der Waals surface area contributed by atoms with Gasteiger partial charge in [0, 0.05) is 39.2 Å². The predicted molar refractivity (Wildman–Crippen MR) is 151 cm³/mol. The molecule has 12 nitrogen and oxygen atoms in total. The largest absolute Gasteiger partial charge is 0.444 e. The lowest BCUT2D eigenvalue weighted by atomic mass is 10.0.